The van der Waals surface area contributed by atoms with Crippen LogP contribution in [0.2, 0.25) is 0 Å². The lowest BCUT2D eigenvalue weighted by molar-refractivity contribution is -0.925. The van der Waals surface area contributed by atoms with Crippen LogP contribution < -0.4 is 4.90 Å². The fourth-order valence-corrected chi connectivity index (χ4v) is 4.45. The number of nitriles is 1. The standard InChI is InChI=1S/C21H27N3O3/c1-23(21(15-22)10-6-3-7-11-21)19(25)14-24-13-17-9-5-4-8-16(17)12-18(24)20(26)27-2/h4-5,8-9,18H,3,6-7,10-14H2,1-2H3/p+1/t18-/m0/s1. The van der Waals surface area contributed by atoms with Gasteiger partial charge < -0.3 is 14.5 Å². The van der Waals surface area contributed by atoms with E-state index in [0.29, 0.717) is 13.0 Å². The van der Waals surface area contributed by atoms with E-state index in [4.69, 9.17) is 4.74 Å². The van der Waals surface area contributed by atoms with Crippen molar-refractivity contribution in [1.29, 1.82) is 5.26 Å². The number of likely N-dealkylation sites (N-methyl/N-ethyl adjacent to an activating group) is 1. The summed E-state index contributed by atoms with van der Waals surface area (Å²) in [6.07, 6.45) is 5.08. The van der Waals surface area contributed by atoms with Crippen LogP contribution in [0.15, 0.2) is 24.3 Å². The highest BCUT2D eigenvalue weighted by atomic mass is 16.5. The molecule has 1 aromatic rings. The number of quaternary nitrogens is 1. The summed E-state index contributed by atoms with van der Waals surface area (Å²) in [6.45, 7) is 0.795. The van der Waals surface area contributed by atoms with E-state index in [0.717, 1.165) is 48.1 Å². The molecule has 0 bridgehead atoms. The average molecular weight is 370 g/mol. The van der Waals surface area contributed by atoms with Crippen LogP contribution in [-0.4, -0.2) is 49.1 Å². The zero-order chi connectivity index (χ0) is 19.4. The smallest absolute Gasteiger partial charge is 0.365 e. The third-order valence-corrected chi connectivity index (χ3v) is 6.22. The van der Waals surface area contributed by atoms with Gasteiger partial charge in [0.05, 0.1) is 13.2 Å². The highest BCUT2D eigenvalue weighted by molar-refractivity contribution is 5.79. The van der Waals surface area contributed by atoms with Crippen molar-refractivity contribution in [3.63, 3.8) is 0 Å². The second-order valence-corrected chi connectivity index (χ2v) is 7.72. The first-order chi connectivity index (χ1) is 13.0. The Morgan fingerprint density at radius 2 is 1.93 bits per heavy atom. The van der Waals surface area contributed by atoms with Gasteiger partial charge in [0, 0.05) is 19.0 Å². The monoisotopic (exact) mass is 370 g/mol. The van der Waals surface area contributed by atoms with E-state index < -0.39 is 11.6 Å². The van der Waals surface area contributed by atoms with Crippen LogP contribution in [0.3, 0.4) is 0 Å². The number of nitrogens with one attached hydrogen (secondary N) is 1. The summed E-state index contributed by atoms with van der Waals surface area (Å²) in [5, 5.41) is 9.75. The third-order valence-electron chi connectivity index (χ3n) is 6.22. The van der Waals surface area contributed by atoms with Crippen LogP contribution in [0.5, 0.6) is 0 Å². The lowest BCUT2D eigenvalue weighted by Gasteiger charge is -2.40. The second kappa shape index (κ2) is 8.10. The molecule has 6 heteroatoms. The number of carbonyl (C=O) groups is 2. The molecule has 1 aromatic carbocycles. The number of fused-ring (bicyclic) bond motifs is 1. The van der Waals surface area contributed by atoms with Crippen molar-refractivity contribution in [3.05, 3.63) is 35.4 Å². The minimum Gasteiger partial charge on any atom is -0.465 e. The number of methoxy groups -OCH3 is 1. The molecular weight excluding hydrogens is 342 g/mol. The SMILES string of the molecule is COC(=O)[C@@H]1Cc2ccccc2C[NH+]1CC(=O)N(C)C1(C#N)CCCCC1. The summed E-state index contributed by atoms with van der Waals surface area (Å²) in [4.78, 5) is 27.9. The Labute approximate surface area is 160 Å². The predicted molar refractivity (Wildman–Crippen MR) is 99.7 cm³/mol. The molecule has 6 nitrogen and oxygen atoms in total. The van der Waals surface area contributed by atoms with E-state index in [2.05, 4.69) is 12.1 Å². The molecule has 144 valence electrons. The molecule has 1 aliphatic heterocycles. The number of amides is 1. The Kier molecular flexibility index (Phi) is 5.81. The number of rotatable bonds is 4. The molecule has 0 aromatic heterocycles. The molecule has 1 heterocycles. The first kappa shape index (κ1) is 19.4. The van der Waals surface area contributed by atoms with Crippen molar-refractivity contribution in [2.24, 2.45) is 0 Å². The number of esters is 1. The summed E-state index contributed by atoms with van der Waals surface area (Å²) in [7, 11) is 3.13. The van der Waals surface area contributed by atoms with Gasteiger partial charge in [0.25, 0.3) is 5.91 Å². The molecule has 27 heavy (non-hydrogen) atoms. The number of ether oxygens (including phenoxy) is 1. The quantitative estimate of drug-likeness (QED) is 0.798. The second-order valence-electron chi connectivity index (χ2n) is 7.72. The van der Waals surface area contributed by atoms with Crippen LogP contribution >= 0.6 is 0 Å². The number of hydrogen-bond donors (Lipinski definition) is 1. The summed E-state index contributed by atoms with van der Waals surface area (Å²) in [5.41, 5.74) is 1.59. The average Bonchev–Trinajstić information content (AvgIpc) is 2.72. The number of nitrogens with zero attached hydrogens (tertiary/aromatic N) is 2. The first-order valence-corrected chi connectivity index (χ1v) is 9.68. The van der Waals surface area contributed by atoms with Gasteiger partial charge in [-0.05, 0) is 18.4 Å². The summed E-state index contributed by atoms with van der Waals surface area (Å²) >= 11 is 0. The Hall–Kier alpha value is -2.39. The lowest BCUT2D eigenvalue weighted by Crippen LogP contribution is -3.17. The number of benzene rings is 1. The van der Waals surface area contributed by atoms with Crippen LogP contribution in [-0.2, 0) is 27.3 Å². The Balaban J connectivity index is 1.78. The largest absolute Gasteiger partial charge is 0.465 e. The Bertz CT molecular complexity index is 749. The van der Waals surface area contributed by atoms with Crippen molar-refractivity contribution in [3.8, 4) is 6.07 Å². The molecule has 3 rings (SSSR count). The van der Waals surface area contributed by atoms with Gasteiger partial charge in [-0.3, -0.25) is 4.79 Å². The van der Waals surface area contributed by atoms with Crippen LogP contribution in [0, 0.1) is 11.3 Å². The zero-order valence-electron chi connectivity index (χ0n) is 16.2. The van der Waals surface area contributed by atoms with E-state index in [-0.39, 0.29) is 18.4 Å². The van der Waals surface area contributed by atoms with Gasteiger partial charge in [0.1, 0.15) is 12.1 Å². The highest BCUT2D eigenvalue weighted by Crippen LogP contribution is 2.32. The maximum Gasteiger partial charge on any atom is 0.365 e. The van der Waals surface area contributed by atoms with Gasteiger partial charge >= 0.3 is 5.97 Å². The van der Waals surface area contributed by atoms with Gasteiger partial charge in [0.15, 0.2) is 12.6 Å². The summed E-state index contributed by atoms with van der Waals surface area (Å²) in [5.74, 6) is -0.371. The number of carbonyl (C=O) groups excluding carboxylic acids is 2. The Morgan fingerprint density at radius 1 is 1.26 bits per heavy atom. The van der Waals surface area contributed by atoms with Crippen LogP contribution in [0.25, 0.3) is 0 Å². The van der Waals surface area contributed by atoms with Crippen LogP contribution in [0.1, 0.15) is 43.2 Å². The molecule has 2 aliphatic rings. The molecule has 1 aliphatic carbocycles. The lowest BCUT2D eigenvalue weighted by atomic mass is 9.81. The van der Waals surface area contributed by atoms with E-state index in [1.807, 2.05) is 18.2 Å². The summed E-state index contributed by atoms with van der Waals surface area (Å²) in [6, 6.07) is 10.0. The summed E-state index contributed by atoms with van der Waals surface area (Å²) < 4.78 is 5.00. The van der Waals surface area contributed by atoms with Crippen LogP contribution in [0.4, 0.5) is 0 Å². The fraction of sp³-hybridized carbons (Fsp3) is 0.571. The van der Waals surface area contributed by atoms with E-state index >= 15 is 0 Å². The molecule has 0 saturated heterocycles. The predicted octanol–water partition coefficient (Wildman–Crippen LogP) is 0.854. The molecule has 2 atom stereocenters. The van der Waals surface area contributed by atoms with Crippen molar-refractivity contribution in [2.45, 2.75) is 56.7 Å². The van der Waals surface area contributed by atoms with Crippen molar-refractivity contribution in [1.82, 2.24) is 4.90 Å². The minimum atomic E-state index is -0.705. The molecule has 0 spiro atoms. The molecule has 1 unspecified atom stereocenters. The molecule has 1 fully saturated rings. The maximum atomic E-state index is 13.0. The first-order valence-electron chi connectivity index (χ1n) is 9.68. The Morgan fingerprint density at radius 3 is 2.56 bits per heavy atom. The zero-order valence-corrected chi connectivity index (χ0v) is 16.2. The van der Waals surface area contributed by atoms with E-state index in [1.165, 1.54) is 7.11 Å². The topological polar surface area (TPSA) is 74.8 Å². The van der Waals surface area contributed by atoms with Gasteiger partial charge in [0.2, 0.25) is 0 Å². The van der Waals surface area contributed by atoms with Gasteiger partial charge in [-0.25, -0.2) is 4.79 Å². The van der Waals surface area contributed by atoms with Gasteiger partial charge in [-0.2, -0.15) is 5.26 Å². The molecule has 1 saturated carbocycles. The third kappa shape index (κ3) is 3.84. The molecular formula is C21H28N3O3+. The highest BCUT2D eigenvalue weighted by Gasteiger charge is 2.42. The minimum absolute atomic E-state index is 0.0817. The van der Waals surface area contributed by atoms with E-state index in [9.17, 15) is 14.9 Å². The van der Waals surface area contributed by atoms with Gasteiger partial charge in [-0.15, -0.1) is 0 Å². The maximum absolute atomic E-state index is 13.0. The molecule has 1 amide bonds. The number of hydrogen-bond acceptors (Lipinski definition) is 4. The van der Waals surface area contributed by atoms with Gasteiger partial charge in [-0.1, -0.05) is 43.5 Å². The molecule has 1 N–H and O–H groups in total. The van der Waals surface area contributed by atoms with E-state index in [1.54, 1.807) is 11.9 Å². The normalized spacial score (nSPS) is 23.6. The molecule has 0 radical (unpaired) electrons. The van der Waals surface area contributed by atoms with Crippen molar-refractivity contribution < 1.29 is 19.2 Å². The fourth-order valence-electron chi connectivity index (χ4n) is 4.45. The van der Waals surface area contributed by atoms with Crippen molar-refractivity contribution in [2.75, 3.05) is 20.7 Å². The van der Waals surface area contributed by atoms with Crippen molar-refractivity contribution >= 4 is 11.9 Å².